The first-order chi connectivity index (χ1) is 6.81. The molecular formula is C12H18N2. The molecule has 2 nitrogen and oxygen atoms in total. The molecule has 1 heterocycles. The molecule has 2 heteroatoms. The van der Waals surface area contributed by atoms with Crippen LogP contribution in [0.1, 0.15) is 24.8 Å². The van der Waals surface area contributed by atoms with Crippen molar-refractivity contribution in [2.24, 2.45) is 11.7 Å². The molecule has 1 aromatic rings. The van der Waals surface area contributed by atoms with Crippen molar-refractivity contribution in [3.63, 3.8) is 0 Å². The van der Waals surface area contributed by atoms with E-state index in [0.29, 0.717) is 11.8 Å². The molecule has 1 aromatic carbocycles. The second-order valence-electron chi connectivity index (χ2n) is 4.24. The number of rotatable bonds is 3. The van der Waals surface area contributed by atoms with Crippen LogP contribution < -0.4 is 11.1 Å². The summed E-state index contributed by atoms with van der Waals surface area (Å²) in [6, 6.07) is 8.58. The van der Waals surface area contributed by atoms with Crippen molar-refractivity contribution in [1.82, 2.24) is 0 Å². The Labute approximate surface area is 85.5 Å². The van der Waals surface area contributed by atoms with E-state index in [4.69, 9.17) is 5.73 Å². The molecule has 1 aliphatic rings. The summed E-state index contributed by atoms with van der Waals surface area (Å²) in [5, 5.41) is 3.44. The zero-order chi connectivity index (χ0) is 9.97. The minimum absolute atomic E-state index is 0.618. The van der Waals surface area contributed by atoms with Gasteiger partial charge in [0.2, 0.25) is 0 Å². The first kappa shape index (κ1) is 9.53. The van der Waals surface area contributed by atoms with Crippen LogP contribution in [0.15, 0.2) is 24.3 Å². The molecule has 2 atom stereocenters. The number of nitrogens with one attached hydrogen (secondary N) is 1. The Bertz CT molecular complexity index is 309. The number of benzene rings is 1. The lowest BCUT2D eigenvalue weighted by Crippen LogP contribution is -2.15. The number of hydrogen-bond donors (Lipinski definition) is 2. The normalized spacial score (nSPS) is 21.4. The molecular weight excluding hydrogens is 172 g/mol. The maximum atomic E-state index is 5.65. The standard InChI is InChI=1S/C12H18N2/c1-9(7-13)6-10-8-14-12-5-3-2-4-11(10)12/h2-5,9-10,14H,6-8,13H2,1H3. The fraction of sp³-hybridized carbons (Fsp3) is 0.500. The summed E-state index contributed by atoms with van der Waals surface area (Å²) in [7, 11) is 0. The fourth-order valence-corrected chi connectivity index (χ4v) is 2.15. The van der Waals surface area contributed by atoms with Crippen LogP contribution in [0.5, 0.6) is 0 Å². The van der Waals surface area contributed by atoms with Gasteiger partial charge in [0.05, 0.1) is 0 Å². The highest BCUT2D eigenvalue weighted by Gasteiger charge is 2.22. The maximum absolute atomic E-state index is 5.65. The van der Waals surface area contributed by atoms with Crippen molar-refractivity contribution < 1.29 is 0 Å². The average molecular weight is 190 g/mol. The minimum Gasteiger partial charge on any atom is -0.384 e. The highest BCUT2D eigenvalue weighted by Crippen LogP contribution is 2.34. The van der Waals surface area contributed by atoms with E-state index in [9.17, 15) is 0 Å². The number of fused-ring (bicyclic) bond motifs is 1. The zero-order valence-corrected chi connectivity index (χ0v) is 8.66. The van der Waals surface area contributed by atoms with Crippen LogP contribution in [0, 0.1) is 5.92 Å². The van der Waals surface area contributed by atoms with Gasteiger partial charge in [0.25, 0.3) is 0 Å². The number of anilines is 1. The Morgan fingerprint density at radius 1 is 1.50 bits per heavy atom. The van der Waals surface area contributed by atoms with Crippen molar-refractivity contribution in [2.45, 2.75) is 19.3 Å². The molecule has 2 unspecified atom stereocenters. The number of nitrogens with two attached hydrogens (primary N) is 1. The van der Waals surface area contributed by atoms with Crippen LogP contribution in [0.2, 0.25) is 0 Å². The van der Waals surface area contributed by atoms with Crippen LogP contribution in [0.25, 0.3) is 0 Å². The number of para-hydroxylation sites is 1. The molecule has 0 radical (unpaired) electrons. The summed E-state index contributed by atoms with van der Waals surface area (Å²) >= 11 is 0. The quantitative estimate of drug-likeness (QED) is 0.766. The van der Waals surface area contributed by atoms with Gasteiger partial charge in [-0.05, 0) is 30.5 Å². The molecule has 3 N–H and O–H groups in total. The Morgan fingerprint density at radius 2 is 2.29 bits per heavy atom. The third-order valence-corrected chi connectivity index (χ3v) is 3.03. The van der Waals surface area contributed by atoms with Crippen molar-refractivity contribution >= 4 is 5.69 Å². The fourth-order valence-electron chi connectivity index (χ4n) is 2.15. The van der Waals surface area contributed by atoms with E-state index < -0.39 is 0 Å². The summed E-state index contributed by atoms with van der Waals surface area (Å²) in [5.41, 5.74) is 8.42. The van der Waals surface area contributed by atoms with Crippen LogP contribution in [0.4, 0.5) is 5.69 Å². The first-order valence-corrected chi connectivity index (χ1v) is 5.34. The molecule has 0 saturated heterocycles. The van der Waals surface area contributed by atoms with Gasteiger partial charge in [0, 0.05) is 18.2 Å². The monoisotopic (exact) mass is 190 g/mol. The van der Waals surface area contributed by atoms with Crippen LogP contribution in [0.3, 0.4) is 0 Å². The summed E-state index contributed by atoms with van der Waals surface area (Å²) < 4.78 is 0. The van der Waals surface area contributed by atoms with Gasteiger partial charge in [-0.1, -0.05) is 25.1 Å². The highest BCUT2D eigenvalue weighted by molar-refractivity contribution is 5.57. The zero-order valence-electron chi connectivity index (χ0n) is 8.66. The van der Waals surface area contributed by atoms with E-state index in [1.165, 1.54) is 17.7 Å². The second kappa shape index (κ2) is 4.01. The third kappa shape index (κ3) is 1.75. The lowest BCUT2D eigenvalue weighted by molar-refractivity contribution is 0.493. The molecule has 1 aliphatic heterocycles. The largest absolute Gasteiger partial charge is 0.384 e. The van der Waals surface area contributed by atoms with E-state index in [1.807, 2.05) is 0 Å². The minimum atomic E-state index is 0.618. The molecule has 76 valence electrons. The van der Waals surface area contributed by atoms with Crippen molar-refractivity contribution in [3.05, 3.63) is 29.8 Å². The van der Waals surface area contributed by atoms with E-state index in [-0.39, 0.29) is 0 Å². The third-order valence-electron chi connectivity index (χ3n) is 3.03. The Kier molecular flexibility index (Phi) is 2.73. The number of hydrogen-bond acceptors (Lipinski definition) is 2. The molecule has 0 aromatic heterocycles. The SMILES string of the molecule is CC(CN)CC1CNc2ccccc21. The van der Waals surface area contributed by atoms with Gasteiger partial charge >= 0.3 is 0 Å². The van der Waals surface area contributed by atoms with Gasteiger partial charge < -0.3 is 11.1 Å². The Balaban J connectivity index is 2.10. The van der Waals surface area contributed by atoms with Crippen molar-refractivity contribution in [1.29, 1.82) is 0 Å². The van der Waals surface area contributed by atoms with E-state index in [0.717, 1.165) is 13.1 Å². The molecule has 0 bridgehead atoms. The van der Waals surface area contributed by atoms with Gasteiger partial charge in [-0.3, -0.25) is 0 Å². The molecule has 2 rings (SSSR count). The van der Waals surface area contributed by atoms with Gasteiger partial charge in [-0.2, -0.15) is 0 Å². The topological polar surface area (TPSA) is 38.0 Å². The molecule has 0 spiro atoms. The van der Waals surface area contributed by atoms with Crippen molar-refractivity contribution in [2.75, 3.05) is 18.4 Å². The molecule has 0 aliphatic carbocycles. The summed E-state index contributed by atoms with van der Waals surface area (Å²) in [5.74, 6) is 1.28. The van der Waals surface area contributed by atoms with Crippen LogP contribution in [-0.2, 0) is 0 Å². The smallest absolute Gasteiger partial charge is 0.0376 e. The van der Waals surface area contributed by atoms with Gasteiger partial charge in [0.1, 0.15) is 0 Å². The van der Waals surface area contributed by atoms with Crippen LogP contribution >= 0.6 is 0 Å². The van der Waals surface area contributed by atoms with Gasteiger partial charge in [-0.25, -0.2) is 0 Å². The maximum Gasteiger partial charge on any atom is 0.0376 e. The Morgan fingerprint density at radius 3 is 3.07 bits per heavy atom. The molecule has 14 heavy (non-hydrogen) atoms. The lowest BCUT2D eigenvalue weighted by Gasteiger charge is -2.14. The predicted octanol–water partition coefficient (Wildman–Crippen LogP) is 2.18. The summed E-state index contributed by atoms with van der Waals surface area (Å²) in [6.07, 6.45) is 1.19. The second-order valence-corrected chi connectivity index (χ2v) is 4.24. The predicted molar refractivity (Wildman–Crippen MR) is 60.5 cm³/mol. The van der Waals surface area contributed by atoms with Crippen molar-refractivity contribution in [3.8, 4) is 0 Å². The summed E-state index contributed by atoms with van der Waals surface area (Å²) in [4.78, 5) is 0. The van der Waals surface area contributed by atoms with Crippen LogP contribution in [-0.4, -0.2) is 13.1 Å². The van der Waals surface area contributed by atoms with Gasteiger partial charge in [-0.15, -0.1) is 0 Å². The molecule has 0 fully saturated rings. The molecule has 0 amide bonds. The lowest BCUT2D eigenvalue weighted by atomic mass is 9.91. The highest BCUT2D eigenvalue weighted by atomic mass is 14.9. The average Bonchev–Trinajstić information content (AvgIpc) is 2.62. The van der Waals surface area contributed by atoms with Gasteiger partial charge in [0.15, 0.2) is 0 Å². The van der Waals surface area contributed by atoms with E-state index >= 15 is 0 Å². The Hall–Kier alpha value is -1.02. The van der Waals surface area contributed by atoms with E-state index in [1.54, 1.807) is 0 Å². The van der Waals surface area contributed by atoms with E-state index in [2.05, 4.69) is 36.5 Å². The first-order valence-electron chi connectivity index (χ1n) is 5.34. The molecule has 0 saturated carbocycles. The summed E-state index contributed by atoms with van der Waals surface area (Å²) in [6.45, 7) is 4.09.